The first-order valence-electron chi connectivity index (χ1n) is 21.0. The van der Waals surface area contributed by atoms with Gasteiger partial charge >= 0.3 is 0 Å². The Morgan fingerprint density at radius 1 is 0.625 bits per heavy atom. The molecule has 1 heteroatoms. The molecule has 0 aliphatic heterocycles. The highest BCUT2D eigenvalue weighted by atomic mass is 15.2. The van der Waals surface area contributed by atoms with E-state index in [1.165, 1.54) is 78.3 Å². The standard InChI is InChI=1S/C55H49N/c1-55(2)51-18-8-7-16-49(51)54-52(55)19-10-20-53(54)56(43-31-25-39(26-32-43)45-17-9-13-37-11-3-5-14-44(37)45)42-29-23-36(24-30-42)41-22-21-40-28-33-47-46-15-6-4-12-38(46)27-34-48(47)50(40)35-41/h3-8,11-12,14-19,21-25,27-35,38-40,46,50H,9-10,13,20,26H2,1-2H3. The lowest BCUT2D eigenvalue weighted by molar-refractivity contribution is 0.567. The molecule has 1 nitrogen and oxygen atoms in total. The van der Waals surface area contributed by atoms with E-state index in [-0.39, 0.29) is 5.41 Å². The lowest BCUT2D eigenvalue weighted by Gasteiger charge is -2.37. The van der Waals surface area contributed by atoms with Gasteiger partial charge in [-0.15, -0.1) is 0 Å². The fourth-order valence-electron chi connectivity index (χ4n) is 11.1. The monoisotopic (exact) mass is 723 g/mol. The van der Waals surface area contributed by atoms with Gasteiger partial charge in [0, 0.05) is 57.7 Å². The van der Waals surface area contributed by atoms with Crippen LogP contribution in [-0.2, 0) is 11.8 Å². The molecule has 0 amide bonds. The van der Waals surface area contributed by atoms with Crippen molar-refractivity contribution in [2.24, 2.45) is 29.6 Å². The second-order valence-corrected chi connectivity index (χ2v) is 17.3. The summed E-state index contributed by atoms with van der Waals surface area (Å²) in [6.07, 6.45) is 43.9. The predicted octanol–water partition coefficient (Wildman–Crippen LogP) is 13.4. The number of aryl methyl sites for hydroxylation is 1. The first kappa shape index (κ1) is 33.7. The fraction of sp³-hybridized carbons (Fsp3) is 0.236. The third-order valence-electron chi connectivity index (χ3n) is 13.9. The summed E-state index contributed by atoms with van der Waals surface area (Å²) in [4.78, 5) is 2.61. The van der Waals surface area contributed by atoms with Crippen LogP contribution in [0.2, 0.25) is 0 Å². The molecule has 8 aliphatic rings. The summed E-state index contributed by atoms with van der Waals surface area (Å²) >= 11 is 0. The third kappa shape index (κ3) is 5.35. The van der Waals surface area contributed by atoms with Gasteiger partial charge in [-0.05, 0) is 106 Å². The van der Waals surface area contributed by atoms with Gasteiger partial charge in [0.1, 0.15) is 0 Å². The van der Waals surface area contributed by atoms with Crippen molar-refractivity contribution in [1.29, 1.82) is 0 Å². The van der Waals surface area contributed by atoms with Crippen molar-refractivity contribution in [3.63, 3.8) is 0 Å². The molecule has 5 unspecified atom stereocenters. The Bertz CT molecular complexity index is 2540. The maximum atomic E-state index is 2.61. The maximum absolute atomic E-state index is 2.61. The summed E-state index contributed by atoms with van der Waals surface area (Å²) < 4.78 is 0. The minimum atomic E-state index is -0.0183. The van der Waals surface area contributed by atoms with Gasteiger partial charge in [-0.3, -0.25) is 0 Å². The second-order valence-electron chi connectivity index (χ2n) is 17.3. The molecule has 3 aromatic rings. The Morgan fingerprint density at radius 2 is 1.36 bits per heavy atom. The summed E-state index contributed by atoms with van der Waals surface area (Å²) in [5.41, 5.74) is 19.7. The zero-order valence-corrected chi connectivity index (χ0v) is 32.5. The Morgan fingerprint density at radius 3 is 2.20 bits per heavy atom. The van der Waals surface area contributed by atoms with Gasteiger partial charge in [0.2, 0.25) is 0 Å². The molecule has 0 bridgehead atoms. The van der Waals surface area contributed by atoms with E-state index in [1.807, 2.05) is 0 Å². The van der Waals surface area contributed by atoms with Crippen LogP contribution in [0.15, 0.2) is 198 Å². The smallest absolute Gasteiger partial charge is 0.0458 e. The molecule has 0 spiro atoms. The number of fused-ring (bicyclic) bond motifs is 8. The van der Waals surface area contributed by atoms with Gasteiger partial charge in [-0.2, -0.15) is 0 Å². The lowest BCUT2D eigenvalue weighted by Crippen LogP contribution is -2.26. The van der Waals surface area contributed by atoms with Gasteiger partial charge in [-0.25, -0.2) is 0 Å². The van der Waals surface area contributed by atoms with Crippen LogP contribution in [0.3, 0.4) is 0 Å². The van der Waals surface area contributed by atoms with E-state index in [0.29, 0.717) is 29.6 Å². The normalized spacial score (nSPS) is 27.3. The first-order chi connectivity index (χ1) is 27.5. The summed E-state index contributed by atoms with van der Waals surface area (Å²) in [6.45, 7) is 4.82. The molecule has 0 fully saturated rings. The average molecular weight is 724 g/mol. The molecule has 0 radical (unpaired) electrons. The van der Waals surface area contributed by atoms with Crippen molar-refractivity contribution in [3.8, 4) is 0 Å². The van der Waals surface area contributed by atoms with E-state index in [1.54, 1.807) is 0 Å². The zero-order chi connectivity index (χ0) is 37.4. The SMILES string of the molecule is CC1(C)C2=CCCC(N(C3=CCC(C4=CCCc5ccccc54)C=C3)c3ccc(C4=CC5C6=C(C=CC5C=C4)C4C=CC=CC4C=C6)cc3)=C2c2ccccc21. The molecule has 56 heavy (non-hydrogen) atoms. The number of allylic oxidation sites excluding steroid dienone is 23. The predicted molar refractivity (Wildman–Crippen MR) is 235 cm³/mol. The molecule has 0 aromatic heterocycles. The molecular weight excluding hydrogens is 675 g/mol. The molecular formula is C55H49N. The highest BCUT2D eigenvalue weighted by Gasteiger charge is 2.42. The van der Waals surface area contributed by atoms with Crippen LogP contribution in [-0.4, -0.2) is 0 Å². The van der Waals surface area contributed by atoms with E-state index in [9.17, 15) is 0 Å². The van der Waals surface area contributed by atoms with Crippen LogP contribution in [0.25, 0.3) is 16.7 Å². The van der Waals surface area contributed by atoms with Crippen LogP contribution in [0.4, 0.5) is 5.69 Å². The highest BCUT2D eigenvalue weighted by Crippen LogP contribution is 2.55. The largest absolute Gasteiger partial charge is 0.314 e. The van der Waals surface area contributed by atoms with Crippen LogP contribution in [0.5, 0.6) is 0 Å². The van der Waals surface area contributed by atoms with Crippen molar-refractivity contribution in [2.75, 3.05) is 4.90 Å². The Hall–Kier alpha value is -5.66. The van der Waals surface area contributed by atoms with Crippen molar-refractivity contribution < 1.29 is 0 Å². The topological polar surface area (TPSA) is 3.24 Å². The maximum Gasteiger partial charge on any atom is 0.0458 e. The number of anilines is 1. The molecule has 3 aromatic carbocycles. The Kier molecular flexibility index (Phi) is 7.95. The Labute approximate surface area is 332 Å². The van der Waals surface area contributed by atoms with Gasteiger partial charge in [0.25, 0.3) is 0 Å². The minimum Gasteiger partial charge on any atom is -0.314 e. The quantitative estimate of drug-likeness (QED) is 0.253. The average Bonchev–Trinajstić information content (AvgIpc) is 3.50. The molecule has 0 saturated heterocycles. The van der Waals surface area contributed by atoms with E-state index in [0.717, 1.165) is 32.1 Å². The summed E-state index contributed by atoms with van der Waals surface area (Å²) in [5.74, 6) is 2.08. The summed E-state index contributed by atoms with van der Waals surface area (Å²) in [5, 5.41) is 0. The number of hydrogen-bond acceptors (Lipinski definition) is 1. The van der Waals surface area contributed by atoms with E-state index in [2.05, 4.69) is 189 Å². The van der Waals surface area contributed by atoms with Crippen molar-refractivity contribution in [2.45, 2.75) is 51.4 Å². The summed E-state index contributed by atoms with van der Waals surface area (Å²) in [6, 6.07) is 27.7. The van der Waals surface area contributed by atoms with Crippen molar-refractivity contribution in [3.05, 3.63) is 226 Å². The number of benzene rings is 3. The van der Waals surface area contributed by atoms with E-state index < -0.39 is 0 Å². The number of nitrogens with zero attached hydrogens (tertiary/aromatic N) is 1. The second kappa shape index (κ2) is 13.2. The lowest BCUT2D eigenvalue weighted by atomic mass is 9.67. The minimum absolute atomic E-state index is 0.0183. The molecule has 0 N–H and O–H groups in total. The first-order valence-corrected chi connectivity index (χ1v) is 21.0. The molecule has 8 aliphatic carbocycles. The van der Waals surface area contributed by atoms with Crippen molar-refractivity contribution in [1.82, 2.24) is 0 Å². The number of hydrogen-bond donors (Lipinski definition) is 0. The van der Waals surface area contributed by atoms with Crippen LogP contribution >= 0.6 is 0 Å². The number of rotatable bonds is 5. The molecule has 0 saturated carbocycles. The van der Waals surface area contributed by atoms with Crippen LogP contribution < -0.4 is 4.90 Å². The third-order valence-corrected chi connectivity index (χ3v) is 13.9. The van der Waals surface area contributed by atoms with Gasteiger partial charge in [0.05, 0.1) is 0 Å². The Balaban J connectivity index is 0.964. The molecule has 11 rings (SSSR count). The molecule has 274 valence electrons. The highest BCUT2D eigenvalue weighted by molar-refractivity contribution is 5.94. The molecule has 5 atom stereocenters. The van der Waals surface area contributed by atoms with Gasteiger partial charge < -0.3 is 4.90 Å². The van der Waals surface area contributed by atoms with E-state index in [4.69, 9.17) is 0 Å². The van der Waals surface area contributed by atoms with Gasteiger partial charge in [0.15, 0.2) is 0 Å². The van der Waals surface area contributed by atoms with Crippen molar-refractivity contribution >= 4 is 22.4 Å². The van der Waals surface area contributed by atoms with E-state index >= 15 is 0 Å². The van der Waals surface area contributed by atoms with Crippen LogP contribution in [0, 0.1) is 29.6 Å². The zero-order valence-electron chi connectivity index (χ0n) is 32.5. The van der Waals surface area contributed by atoms with Crippen LogP contribution in [0.1, 0.15) is 67.3 Å². The summed E-state index contributed by atoms with van der Waals surface area (Å²) in [7, 11) is 0. The fourth-order valence-corrected chi connectivity index (χ4v) is 11.1. The van der Waals surface area contributed by atoms with Gasteiger partial charge in [-0.1, -0.05) is 166 Å². The molecule has 0 heterocycles.